The highest BCUT2D eigenvalue weighted by Gasteiger charge is 2.19. The summed E-state index contributed by atoms with van der Waals surface area (Å²) in [6, 6.07) is 12.3. The van der Waals surface area contributed by atoms with Crippen LogP contribution in [0.25, 0.3) is 0 Å². The van der Waals surface area contributed by atoms with Gasteiger partial charge in [-0.1, -0.05) is 35.0 Å². The van der Waals surface area contributed by atoms with Crippen LogP contribution in [0.4, 0.5) is 5.69 Å². The number of nitrogens with one attached hydrogen (secondary N) is 1. The fourth-order valence-electron chi connectivity index (χ4n) is 2.84. The van der Waals surface area contributed by atoms with Gasteiger partial charge in [-0.3, -0.25) is 9.59 Å². The molecule has 2 aromatic rings. The molecule has 27 heavy (non-hydrogen) atoms. The molecule has 1 N–H and O–H groups in total. The maximum atomic E-state index is 12.1. The van der Waals surface area contributed by atoms with Crippen molar-refractivity contribution in [2.75, 3.05) is 18.0 Å². The normalized spacial score (nSPS) is 13.7. The Morgan fingerprint density at radius 2 is 1.89 bits per heavy atom. The number of nitrogens with zero attached hydrogens (tertiary/aromatic N) is 1. The maximum absolute atomic E-state index is 12.1. The van der Waals surface area contributed by atoms with E-state index in [4.69, 9.17) is 23.2 Å². The second-order valence-corrected chi connectivity index (χ2v) is 7.00. The highest BCUT2D eigenvalue weighted by Crippen LogP contribution is 2.21. The molecule has 4 nitrogen and oxygen atoms in total. The minimum Gasteiger partial charge on any atom is -0.341 e. The summed E-state index contributed by atoms with van der Waals surface area (Å²) in [6.45, 7) is 0.966. The monoisotopic (exact) mass is 400 g/mol. The number of carbonyl (C=O) groups excluding carboxylic acids is 2. The van der Waals surface area contributed by atoms with Gasteiger partial charge in [0.1, 0.15) is 0 Å². The van der Waals surface area contributed by atoms with Crippen LogP contribution in [0.2, 0.25) is 10.0 Å². The van der Waals surface area contributed by atoms with Crippen molar-refractivity contribution in [2.24, 2.45) is 0 Å². The fraction of sp³-hybridized carbons (Fsp3) is 0.238. The molecule has 0 aromatic heterocycles. The number of carbonyl (C=O) groups is 2. The topological polar surface area (TPSA) is 49.4 Å². The molecule has 0 spiro atoms. The Balaban J connectivity index is 1.56. The maximum Gasteiger partial charge on any atom is 0.253 e. The first-order valence-electron chi connectivity index (χ1n) is 8.67. The number of rotatable bonds is 3. The van der Waals surface area contributed by atoms with Crippen LogP contribution in [0.5, 0.6) is 0 Å². The summed E-state index contributed by atoms with van der Waals surface area (Å²) in [5.41, 5.74) is 2.08. The van der Waals surface area contributed by atoms with Crippen LogP contribution in [0.1, 0.15) is 35.2 Å². The van der Waals surface area contributed by atoms with Crippen molar-refractivity contribution >= 4 is 40.7 Å². The van der Waals surface area contributed by atoms with Crippen LogP contribution in [0, 0.1) is 11.8 Å². The molecule has 138 valence electrons. The average molecular weight is 401 g/mol. The van der Waals surface area contributed by atoms with Gasteiger partial charge in [-0.05, 0) is 55.3 Å². The number of hydrogen-bond donors (Lipinski definition) is 1. The second kappa shape index (κ2) is 8.94. The van der Waals surface area contributed by atoms with Crippen LogP contribution in [0.15, 0.2) is 42.5 Å². The minimum absolute atomic E-state index is 0.170. The van der Waals surface area contributed by atoms with Gasteiger partial charge < -0.3 is 10.2 Å². The van der Waals surface area contributed by atoms with Gasteiger partial charge in [0.15, 0.2) is 0 Å². The van der Waals surface area contributed by atoms with Gasteiger partial charge in [-0.25, -0.2) is 0 Å². The van der Waals surface area contributed by atoms with Crippen molar-refractivity contribution in [3.63, 3.8) is 0 Å². The molecule has 3 rings (SSSR count). The van der Waals surface area contributed by atoms with Gasteiger partial charge in [-0.2, -0.15) is 0 Å². The number of piperidine rings is 1. The Hall–Kier alpha value is -2.48. The van der Waals surface area contributed by atoms with Crippen LogP contribution >= 0.6 is 23.2 Å². The Morgan fingerprint density at radius 3 is 2.59 bits per heavy atom. The molecule has 2 aromatic carbocycles. The van der Waals surface area contributed by atoms with Gasteiger partial charge in [0.2, 0.25) is 5.91 Å². The predicted molar refractivity (Wildman–Crippen MR) is 108 cm³/mol. The van der Waals surface area contributed by atoms with Gasteiger partial charge >= 0.3 is 0 Å². The number of anilines is 1. The van der Waals surface area contributed by atoms with E-state index in [1.165, 1.54) is 6.07 Å². The zero-order chi connectivity index (χ0) is 19.2. The van der Waals surface area contributed by atoms with Gasteiger partial charge in [0, 0.05) is 29.2 Å². The second-order valence-electron chi connectivity index (χ2n) is 6.16. The van der Waals surface area contributed by atoms with E-state index in [9.17, 15) is 9.59 Å². The molecule has 0 saturated carbocycles. The van der Waals surface area contributed by atoms with Crippen LogP contribution < -0.4 is 10.2 Å². The van der Waals surface area contributed by atoms with Crippen molar-refractivity contribution in [1.82, 2.24) is 5.32 Å². The number of halogens is 2. The fourth-order valence-corrected chi connectivity index (χ4v) is 3.34. The first-order chi connectivity index (χ1) is 13.0. The molecule has 1 saturated heterocycles. The quantitative estimate of drug-likeness (QED) is 0.781. The van der Waals surface area contributed by atoms with E-state index in [0.717, 1.165) is 30.6 Å². The lowest BCUT2D eigenvalue weighted by Gasteiger charge is -2.26. The van der Waals surface area contributed by atoms with Gasteiger partial charge in [0.05, 0.1) is 17.1 Å². The smallest absolute Gasteiger partial charge is 0.253 e. The lowest BCUT2D eigenvalue weighted by atomic mass is 10.1. The standard InChI is InChI=1S/C21H18Cl2N2O2/c22-16-8-11-18(19(23)14-16)21(27)24-12-3-4-15-6-9-17(10-7-15)25-13-2-1-5-20(25)26/h6-11,14H,1-2,5,12-13H2,(H,24,27). The number of amides is 2. The molecule has 1 fully saturated rings. The van der Waals surface area contributed by atoms with Crippen LogP contribution in [-0.4, -0.2) is 24.9 Å². The summed E-state index contributed by atoms with van der Waals surface area (Å²) in [5, 5.41) is 3.48. The first kappa shape index (κ1) is 19.3. The molecule has 1 aliphatic rings. The van der Waals surface area contributed by atoms with E-state index < -0.39 is 0 Å². The molecule has 2 amide bonds. The summed E-state index contributed by atoms with van der Waals surface area (Å²) in [7, 11) is 0. The predicted octanol–water partition coefficient (Wildman–Crippen LogP) is 4.29. The lowest BCUT2D eigenvalue weighted by Crippen LogP contribution is -2.35. The van der Waals surface area contributed by atoms with E-state index >= 15 is 0 Å². The minimum atomic E-state index is -0.301. The van der Waals surface area contributed by atoms with E-state index in [-0.39, 0.29) is 18.4 Å². The zero-order valence-electron chi connectivity index (χ0n) is 14.6. The third-order valence-corrected chi connectivity index (χ3v) is 4.80. The Kier molecular flexibility index (Phi) is 6.39. The summed E-state index contributed by atoms with van der Waals surface area (Å²) < 4.78 is 0. The average Bonchev–Trinajstić information content (AvgIpc) is 2.66. The van der Waals surface area contributed by atoms with Crippen LogP contribution in [0.3, 0.4) is 0 Å². The van der Waals surface area contributed by atoms with Gasteiger partial charge in [0.25, 0.3) is 5.91 Å². The van der Waals surface area contributed by atoms with Crippen molar-refractivity contribution < 1.29 is 9.59 Å². The first-order valence-corrected chi connectivity index (χ1v) is 9.43. The largest absolute Gasteiger partial charge is 0.341 e. The molecule has 1 aliphatic heterocycles. The van der Waals surface area contributed by atoms with E-state index in [1.807, 2.05) is 29.2 Å². The summed E-state index contributed by atoms with van der Waals surface area (Å²) in [4.78, 5) is 25.9. The number of benzene rings is 2. The molecule has 0 aliphatic carbocycles. The van der Waals surface area contributed by atoms with Crippen molar-refractivity contribution in [2.45, 2.75) is 19.3 Å². The Labute approximate surface area is 168 Å². The Morgan fingerprint density at radius 1 is 1.11 bits per heavy atom. The highest BCUT2D eigenvalue weighted by molar-refractivity contribution is 6.36. The Bertz CT molecular complexity index is 914. The van der Waals surface area contributed by atoms with Crippen molar-refractivity contribution in [3.05, 3.63) is 63.6 Å². The number of hydrogen-bond acceptors (Lipinski definition) is 2. The van der Waals surface area contributed by atoms with Gasteiger partial charge in [-0.15, -0.1) is 0 Å². The van der Waals surface area contributed by atoms with Crippen molar-refractivity contribution in [1.29, 1.82) is 0 Å². The van der Waals surface area contributed by atoms with Crippen LogP contribution in [-0.2, 0) is 4.79 Å². The molecule has 0 radical (unpaired) electrons. The molecular formula is C21H18Cl2N2O2. The van der Waals surface area contributed by atoms with E-state index in [0.29, 0.717) is 22.0 Å². The van der Waals surface area contributed by atoms with E-state index in [2.05, 4.69) is 17.2 Å². The zero-order valence-corrected chi connectivity index (χ0v) is 16.1. The SMILES string of the molecule is O=C(NCC#Cc1ccc(N2CCCCC2=O)cc1)c1ccc(Cl)cc1Cl. The summed E-state index contributed by atoms with van der Waals surface area (Å²) in [6.07, 6.45) is 2.61. The molecule has 0 unspecified atom stereocenters. The summed E-state index contributed by atoms with van der Waals surface area (Å²) in [5.74, 6) is 5.77. The molecule has 0 atom stereocenters. The highest BCUT2D eigenvalue weighted by atomic mass is 35.5. The third-order valence-electron chi connectivity index (χ3n) is 4.25. The third kappa shape index (κ3) is 5.03. The van der Waals surface area contributed by atoms with E-state index in [1.54, 1.807) is 12.1 Å². The molecule has 1 heterocycles. The molecule has 0 bridgehead atoms. The molecule has 6 heteroatoms. The molecular weight excluding hydrogens is 383 g/mol. The lowest BCUT2D eigenvalue weighted by molar-refractivity contribution is -0.119. The van der Waals surface area contributed by atoms with Crippen molar-refractivity contribution in [3.8, 4) is 11.8 Å². The summed E-state index contributed by atoms with van der Waals surface area (Å²) >= 11 is 11.8.